The maximum atomic E-state index is 12.3. The molecule has 0 bridgehead atoms. The Morgan fingerprint density at radius 1 is 0.967 bits per heavy atom. The zero-order valence-electron chi connectivity index (χ0n) is 17.6. The Morgan fingerprint density at radius 2 is 1.63 bits per heavy atom. The Labute approximate surface area is 178 Å². The van der Waals surface area contributed by atoms with E-state index in [4.69, 9.17) is 4.42 Å². The molecule has 1 N–H and O–H groups in total. The monoisotopic (exact) mass is 439 g/mol. The second kappa shape index (κ2) is 9.38. The number of hydrogen-bond donors (Lipinski definition) is 1. The summed E-state index contributed by atoms with van der Waals surface area (Å²) in [6, 6.07) is 0.118. The van der Waals surface area contributed by atoms with Crippen LogP contribution >= 0.6 is 0 Å². The first-order chi connectivity index (χ1) is 14.4. The van der Waals surface area contributed by atoms with Gasteiger partial charge in [0.1, 0.15) is 12.0 Å². The van der Waals surface area contributed by atoms with Crippen LogP contribution in [0.3, 0.4) is 0 Å². The first-order valence-corrected chi connectivity index (χ1v) is 12.9. The first kappa shape index (κ1) is 21.8. The fourth-order valence-electron chi connectivity index (χ4n) is 4.90. The third-order valence-corrected chi connectivity index (χ3v) is 8.50. The molecule has 0 aromatic carbocycles. The summed E-state index contributed by atoms with van der Waals surface area (Å²) in [5, 5.41) is 10.8. The number of likely N-dealkylation sites (tertiary alicyclic amines) is 1. The van der Waals surface area contributed by atoms with Crippen molar-refractivity contribution in [1.82, 2.24) is 14.7 Å². The molecule has 0 amide bonds. The van der Waals surface area contributed by atoms with Gasteiger partial charge in [-0.3, -0.25) is 14.7 Å². The lowest BCUT2D eigenvalue weighted by Gasteiger charge is -2.37. The highest BCUT2D eigenvalue weighted by atomic mass is 32.2. The first-order valence-electron chi connectivity index (χ1n) is 11.1. The Bertz CT molecular complexity index is 884. The van der Waals surface area contributed by atoms with Crippen molar-refractivity contribution in [1.29, 1.82) is 0 Å². The predicted octanol–water partition coefficient (Wildman–Crippen LogP) is 1.03. The number of aromatic hydroxyl groups is 1. The van der Waals surface area contributed by atoms with Gasteiger partial charge in [0, 0.05) is 50.9 Å². The average molecular weight is 440 g/mol. The minimum absolute atomic E-state index is 0.0693. The number of nitrogens with zero attached hydrogens (tertiary/aromatic N) is 3. The van der Waals surface area contributed by atoms with Crippen LogP contribution in [0.1, 0.15) is 43.2 Å². The van der Waals surface area contributed by atoms with Gasteiger partial charge in [0.2, 0.25) is 0 Å². The highest BCUT2D eigenvalue weighted by Gasteiger charge is 2.34. The zero-order valence-corrected chi connectivity index (χ0v) is 18.4. The molecule has 0 radical (unpaired) electrons. The summed E-state index contributed by atoms with van der Waals surface area (Å²) in [4.78, 5) is 19.0. The molecule has 1 unspecified atom stereocenters. The Hall–Kier alpha value is -1.42. The molecule has 3 aliphatic rings. The van der Waals surface area contributed by atoms with Gasteiger partial charge in [-0.15, -0.1) is 0 Å². The standard InChI is InChI=1S/C21H33N3O5S/c25-20-17(13-22-6-3-1-2-4-7-22)15-29-21(26)19(20)14-23-8-10-24(11-9-23)18-5-12-30(27,28)16-18/h15,18,25H,1-14,16H2. The van der Waals surface area contributed by atoms with Crippen LogP contribution in [-0.4, -0.2) is 85.0 Å². The van der Waals surface area contributed by atoms with E-state index in [1.807, 2.05) is 0 Å². The Balaban J connectivity index is 1.37. The van der Waals surface area contributed by atoms with E-state index in [0.29, 0.717) is 30.6 Å². The summed E-state index contributed by atoms with van der Waals surface area (Å²) in [6.45, 7) is 6.02. The molecule has 3 aliphatic heterocycles. The molecule has 8 nitrogen and oxygen atoms in total. The lowest BCUT2D eigenvalue weighted by atomic mass is 10.1. The van der Waals surface area contributed by atoms with Crippen LogP contribution in [0.15, 0.2) is 15.5 Å². The second-order valence-corrected chi connectivity index (χ2v) is 11.2. The smallest absolute Gasteiger partial charge is 0.343 e. The normalized spacial score (nSPS) is 26.6. The average Bonchev–Trinajstić information content (AvgIpc) is 2.91. The Kier molecular flexibility index (Phi) is 6.81. The zero-order chi connectivity index (χ0) is 21.1. The van der Waals surface area contributed by atoms with E-state index in [1.54, 1.807) is 0 Å². The van der Waals surface area contributed by atoms with Crippen molar-refractivity contribution in [3.63, 3.8) is 0 Å². The molecule has 1 atom stereocenters. The predicted molar refractivity (Wildman–Crippen MR) is 114 cm³/mol. The molecule has 0 saturated carbocycles. The van der Waals surface area contributed by atoms with Crippen LogP contribution in [0.25, 0.3) is 0 Å². The topological polar surface area (TPSA) is 94.3 Å². The minimum Gasteiger partial charge on any atom is -0.507 e. The van der Waals surface area contributed by atoms with Crippen LogP contribution in [0.4, 0.5) is 0 Å². The summed E-state index contributed by atoms with van der Waals surface area (Å²) < 4.78 is 28.8. The van der Waals surface area contributed by atoms with Gasteiger partial charge < -0.3 is 9.52 Å². The van der Waals surface area contributed by atoms with E-state index in [-0.39, 0.29) is 23.3 Å². The molecular weight excluding hydrogens is 406 g/mol. The van der Waals surface area contributed by atoms with Crippen molar-refractivity contribution >= 4 is 9.84 Å². The van der Waals surface area contributed by atoms with Crippen LogP contribution < -0.4 is 5.63 Å². The van der Waals surface area contributed by atoms with Crippen molar-refractivity contribution in [2.45, 2.75) is 51.2 Å². The number of piperazine rings is 1. The molecule has 9 heteroatoms. The van der Waals surface area contributed by atoms with Crippen molar-refractivity contribution in [3.05, 3.63) is 27.8 Å². The van der Waals surface area contributed by atoms with Gasteiger partial charge in [0.25, 0.3) is 0 Å². The van der Waals surface area contributed by atoms with E-state index >= 15 is 0 Å². The van der Waals surface area contributed by atoms with Gasteiger partial charge >= 0.3 is 5.63 Å². The lowest BCUT2D eigenvalue weighted by Crippen LogP contribution is -2.50. The molecule has 4 heterocycles. The van der Waals surface area contributed by atoms with Crippen LogP contribution in [0.2, 0.25) is 0 Å². The number of sulfone groups is 1. The number of rotatable bonds is 5. The molecule has 30 heavy (non-hydrogen) atoms. The molecule has 0 aliphatic carbocycles. The molecule has 4 rings (SSSR count). The van der Waals surface area contributed by atoms with E-state index in [1.165, 1.54) is 19.1 Å². The maximum absolute atomic E-state index is 12.3. The van der Waals surface area contributed by atoms with Gasteiger partial charge in [0.15, 0.2) is 9.84 Å². The highest BCUT2D eigenvalue weighted by molar-refractivity contribution is 7.91. The van der Waals surface area contributed by atoms with Gasteiger partial charge in [-0.05, 0) is 32.4 Å². The molecule has 1 aromatic heterocycles. The quantitative estimate of drug-likeness (QED) is 0.727. The third kappa shape index (κ3) is 5.25. The summed E-state index contributed by atoms with van der Waals surface area (Å²) >= 11 is 0. The minimum atomic E-state index is -2.88. The largest absolute Gasteiger partial charge is 0.507 e. The lowest BCUT2D eigenvalue weighted by molar-refractivity contribution is 0.0986. The van der Waals surface area contributed by atoms with E-state index in [9.17, 15) is 18.3 Å². The fourth-order valence-corrected chi connectivity index (χ4v) is 6.66. The highest BCUT2D eigenvalue weighted by Crippen LogP contribution is 2.25. The molecule has 3 saturated heterocycles. The summed E-state index contributed by atoms with van der Waals surface area (Å²) in [5.41, 5.74) is 0.539. The summed E-state index contributed by atoms with van der Waals surface area (Å²) in [7, 11) is -2.88. The van der Waals surface area contributed by atoms with Crippen LogP contribution in [-0.2, 0) is 22.9 Å². The second-order valence-electron chi connectivity index (χ2n) is 8.93. The van der Waals surface area contributed by atoms with Crippen molar-refractivity contribution in [3.8, 4) is 5.75 Å². The van der Waals surface area contributed by atoms with E-state index < -0.39 is 15.5 Å². The SMILES string of the molecule is O=c1occ(CN2CCCCCC2)c(O)c1CN1CCN(C2CCS(=O)(=O)C2)CC1. The van der Waals surface area contributed by atoms with Crippen molar-refractivity contribution in [2.75, 3.05) is 50.8 Å². The van der Waals surface area contributed by atoms with Gasteiger partial charge in [-0.2, -0.15) is 0 Å². The molecule has 168 valence electrons. The summed E-state index contributed by atoms with van der Waals surface area (Å²) in [5.74, 6) is 0.617. The van der Waals surface area contributed by atoms with Gasteiger partial charge in [-0.1, -0.05) is 12.8 Å². The summed E-state index contributed by atoms with van der Waals surface area (Å²) in [6.07, 6.45) is 6.94. The van der Waals surface area contributed by atoms with E-state index in [2.05, 4.69) is 14.7 Å². The van der Waals surface area contributed by atoms with Crippen LogP contribution in [0, 0.1) is 0 Å². The van der Waals surface area contributed by atoms with E-state index in [0.717, 1.165) is 52.1 Å². The molecular formula is C21H33N3O5S. The number of hydrogen-bond acceptors (Lipinski definition) is 8. The van der Waals surface area contributed by atoms with Gasteiger partial charge in [0.05, 0.1) is 17.1 Å². The van der Waals surface area contributed by atoms with Crippen molar-refractivity contribution < 1.29 is 17.9 Å². The molecule has 3 fully saturated rings. The maximum Gasteiger partial charge on any atom is 0.343 e. The molecule has 1 aromatic rings. The third-order valence-electron chi connectivity index (χ3n) is 6.75. The molecule has 0 spiro atoms. The van der Waals surface area contributed by atoms with Crippen molar-refractivity contribution in [2.24, 2.45) is 0 Å². The fraction of sp³-hybridized carbons (Fsp3) is 0.762. The van der Waals surface area contributed by atoms with Gasteiger partial charge in [-0.25, -0.2) is 13.2 Å². The Morgan fingerprint density at radius 3 is 2.27 bits per heavy atom. The van der Waals surface area contributed by atoms with Crippen LogP contribution in [0.5, 0.6) is 5.75 Å².